The number of thiophene rings is 1. The van der Waals surface area contributed by atoms with Gasteiger partial charge in [-0.25, -0.2) is 0 Å². The van der Waals surface area contributed by atoms with E-state index in [1.807, 2.05) is 64.2 Å². The predicted molar refractivity (Wildman–Crippen MR) is 124 cm³/mol. The van der Waals surface area contributed by atoms with Crippen LogP contribution in [0.15, 0.2) is 53.9 Å². The van der Waals surface area contributed by atoms with Crippen LogP contribution in [0.25, 0.3) is 0 Å². The molecule has 1 fully saturated rings. The summed E-state index contributed by atoms with van der Waals surface area (Å²) in [6.45, 7) is 4.97. The second-order valence-electron chi connectivity index (χ2n) is 7.92. The third kappa shape index (κ3) is 4.66. The van der Waals surface area contributed by atoms with E-state index in [1.165, 1.54) is 0 Å². The van der Waals surface area contributed by atoms with E-state index in [1.54, 1.807) is 17.4 Å². The summed E-state index contributed by atoms with van der Waals surface area (Å²) in [6, 6.07) is 14.8. The highest BCUT2D eigenvalue weighted by Gasteiger charge is 2.26. The van der Waals surface area contributed by atoms with Crippen LogP contribution in [-0.2, 0) is 6.54 Å². The number of benzene rings is 1. The lowest BCUT2D eigenvalue weighted by molar-refractivity contribution is 0.0623. The number of carbonyl (C=O) groups is 3. The van der Waals surface area contributed by atoms with Gasteiger partial charge in [0.1, 0.15) is 0 Å². The van der Waals surface area contributed by atoms with E-state index >= 15 is 0 Å². The Labute approximate surface area is 191 Å². The van der Waals surface area contributed by atoms with Crippen molar-refractivity contribution in [2.24, 2.45) is 5.73 Å². The molecule has 0 bridgehead atoms. The molecule has 0 saturated carbocycles. The fraction of sp³-hybridized carbons (Fsp3) is 0.292. The second-order valence-corrected chi connectivity index (χ2v) is 8.95. The van der Waals surface area contributed by atoms with E-state index in [0.717, 1.165) is 4.88 Å². The lowest BCUT2D eigenvalue weighted by Gasteiger charge is -2.34. The molecular formula is C24H26N4O3S. The van der Waals surface area contributed by atoms with Crippen molar-refractivity contribution in [3.63, 3.8) is 0 Å². The van der Waals surface area contributed by atoms with Crippen LogP contribution in [0.1, 0.15) is 41.8 Å². The molecule has 3 aromatic rings. The van der Waals surface area contributed by atoms with E-state index in [0.29, 0.717) is 55.2 Å². The standard InChI is InChI=1S/C24H26N4O3S/c1-17-20(23(25)30)14-21(28(17)15-19-8-5-13-32-19)22(29)16-26-9-11-27(12-10-26)24(31)18-6-3-2-4-7-18/h2-8,13-14H,9-12,15-16H2,1H3,(H2,25,30). The van der Waals surface area contributed by atoms with Crippen LogP contribution in [0, 0.1) is 6.92 Å². The Morgan fingerprint density at radius 3 is 2.34 bits per heavy atom. The molecule has 0 unspecified atom stereocenters. The summed E-state index contributed by atoms with van der Waals surface area (Å²) in [5.41, 5.74) is 7.79. The van der Waals surface area contributed by atoms with Gasteiger partial charge >= 0.3 is 0 Å². The van der Waals surface area contributed by atoms with Gasteiger partial charge in [0.25, 0.3) is 11.8 Å². The van der Waals surface area contributed by atoms with Crippen molar-refractivity contribution >= 4 is 28.9 Å². The van der Waals surface area contributed by atoms with Crippen LogP contribution in [0.3, 0.4) is 0 Å². The first-order chi connectivity index (χ1) is 15.4. The Balaban J connectivity index is 1.44. The molecule has 1 aliphatic rings. The molecule has 4 rings (SSSR count). The number of primary amides is 1. The average Bonchev–Trinajstić information content (AvgIpc) is 3.43. The summed E-state index contributed by atoms with van der Waals surface area (Å²) < 4.78 is 1.88. The molecule has 8 heteroatoms. The smallest absolute Gasteiger partial charge is 0.253 e. The second kappa shape index (κ2) is 9.50. The lowest BCUT2D eigenvalue weighted by atomic mass is 10.1. The lowest BCUT2D eigenvalue weighted by Crippen LogP contribution is -2.50. The molecule has 2 aromatic heterocycles. The van der Waals surface area contributed by atoms with Gasteiger partial charge < -0.3 is 15.2 Å². The zero-order valence-corrected chi connectivity index (χ0v) is 18.8. The average molecular weight is 451 g/mol. The monoisotopic (exact) mass is 450 g/mol. The van der Waals surface area contributed by atoms with Crippen molar-refractivity contribution in [2.45, 2.75) is 13.5 Å². The minimum Gasteiger partial charge on any atom is -0.366 e. The maximum atomic E-state index is 13.2. The number of Topliss-reactive ketones (excluding diaryl/α,β-unsaturated/α-hetero) is 1. The van der Waals surface area contributed by atoms with E-state index < -0.39 is 5.91 Å². The van der Waals surface area contributed by atoms with Crippen molar-refractivity contribution in [3.05, 3.63) is 81.3 Å². The summed E-state index contributed by atoms with van der Waals surface area (Å²) in [6.07, 6.45) is 0. The van der Waals surface area contributed by atoms with E-state index in [9.17, 15) is 14.4 Å². The number of ketones is 1. The molecule has 32 heavy (non-hydrogen) atoms. The Morgan fingerprint density at radius 1 is 1.00 bits per heavy atom. The van der Waals surface area contributed by atoms with Crippen LogP contribution in [0.4, 0.5) is 0 Å². The van der Waals surface area contributed by atoms with Crippen molar-refractivity contribution < 1.29 is 14.4 Å². The zero-order valence-electron chi connectivity index (χ0n) is 18.0. The third-order valence-corrected chi connectivity index (χ3v) is 6.72. The van der Waals surface area contributed by atoms with Crippen LogP contribution in [0.2, 0.25) is 0 Å². The van der Waals surface area contributed by atoms with Gasteiger partial charge in [0.15, 0.2) is 5.78 Å². The Bertz CT molecular complexity index is 1110. The van der Waals surface area contributed by atoms with Gasteiger partial charge in [-0.1, -0.05) is 24.3 Å². The SMILES string of the molecule is Cc1c(C(N)=O)cc(C(=O)CN2CCN(C(=O)c3ccccc3)CC2)n1Cc1cccs1. The molecule has 0 atom stereocenters. The number of piperazine rings is 1. The molecule has 2 N–H and O–H groups in total. The molecule has 1 saturated heterocycles. The van der Waals surface area contributed by atoms with E-state index in [-0.39, 0.29) is 18.2 Å². The summed E-state index contributed by atoms with van der Waals surface area (Å²) in [7, 11) is 0. The molecule has 2 amide bonds. The number of carbonyl (C=O) groups excluding carboxylic acids is 3. The molecule has 7 nitrogen and oxygen atoms in total. The largest absolute Gasteiger partial charge is 0.366 e. The van der Waals surface area contributed by atoms with Gasteiger partial charge in [-0.2, -0.15) is 0 Å². The van der Waals surface area contributed by atoms with Crippen molar-refractivity contribution in [1.82, 2.24) is 14.4 Å². The molecule has 166 valence electrons. The summed E-state index contributed by atoms with van der Waals surface area (Å²) in [5.74, 6) is -0.572. The number of hydrogen-bond acceptors (Lipinski definition) is 5. The fourth-order valence-electron chi connectivity index (χ4n) is 4.04. The minimum atomic E-state index is -0.533. The Hall–Kier alpha value is -3.23. The molecular weight excluding hydrogens is 424 g/mol. The Kier molecular flexibility index (Phi) is 6.53. The number of nitrogens with zero attached hydrogens (tertiary/aromatic N) is 3. The quantitative estimate of drug-likeness (QED) is 0.561. The fourth-order valence-corrected chi connectivity index (χ4v) is 4.74. The topological polar surface area (TPSA) is 88.6 Å². The highest BCUT2D eigenvalue weighted by atomic mass is 32.1. The minimum absolute atomic E-state index is 0.0168. The zero-order chi connectivity index (χ0) is 22.7. The molecule has 1 aliphatic heterocycles. The van der Waals surface area contributed by atoms with Crippen molar-refractivity contribution in [2.75, 3.05) is 32.7 Å². The molecule has 0 aliphatic carbocycles. The van der Waals surface area contributed by atoms with Crippen LogP contribution >= 0.6 is 11.3 Å². The van der Waals surface area contributed by atoms with Crippen molar-refractivity contribution in [1.29, 1.82) is 0 Å². The maximum absolute atomic E-state index is 13.2. The molecule has 0 spiro atoms. The highest BCUT2D eigenvalue weighted by molar-refractivity contribution is 7.09. The van der Waals surface area contributed by atoms with Gasteiger partial charge in [-0.3, -0.25) is 19.3 Å². The first kappa shape index (κ1) is 22.0. The van der Waals surface area contributed by atoms with Crippen molar-refractivity contribution in [3.8, 4) is 0 Å². The van der Waals surface area contributed by atoms with Gasteiger partial charge in [-0.15, -0.1) is 11.3 Å². The van der Waals surface area contributed by atoms with Gasteiger partial charge in [0.05, 0.1) is 24.3 Å². The first-order valence-corrected chi connectivity index (χ1v) is 11.4. The van der Waals surface area contributed by atoms with Crippen LogP contribution in [0.5, 0.6) is 0 Å². The number of amides is 2. The Morgan fingerprint density at radius 2 is 1.72 bits per heavy atom. The van der Waals surface area contributed by atoms with Gasteiger partial charge in [-0.05, 0) is 36.6 Å². The van der Waals surface area contributed by atoms with Crippen LogP contribution in [-0.4, -0.2) is 64.7 Å². The third-order valence-electron chi connectivity index (χ3n) is 5.86. The summed E-state index contributed by atoms with van der Waals surface area (Å²) in [4.78, 5) is 42.7. The maximum Gasteiger partial charge on any atom is 0.253 e. The number of rotatable bonds is 7. The number of hydrogen-bond donors (Lipinski definition) is 1. The van der Waals surface area contributed by atoms with E-state index in [2.05, 4.69) is 4.90 Å². The summed E-state index contributed by atoms with van der Waals surface area (Å²) in [5, 5.41) is 1.99. The first-order valence-electron chi connectivity index (χ1n) is 10.6. The number of nitrogens with two attached hydrogens (primary N) is 1. The molecule has 0 radical (unpaired) electrons. The molecule has 1 aromatic carbocycles. The van der Waals surface area contributed by atoms with Crippen LogP contribution < -0.4 is 5.73 Å². The predicted octanol–water partition coefficient (Wildman–Crippen LogP) is 2.65. The normalized spacial score (nSPS) is 14.5. The van der Waals surface area contributed by atoms with Gasteiger partial charge in [0.2, 0.25) is 0 Å². The van der Waals surface area contributed by atoms with E-state index in [4.69, 9.17) is 5.73 Å². The number of aromatic nitrogens is 1. The highest BCUT2D eigenvalue weighted by Crippen LogP contribution is 2.21. The van der Waals surface area contributed by atoms with Gasteiger partial charge in [0, 0.05) is 42.3 Å². The summed E-state index contributed by atoms with van der Waals surface area (Å²) >= 11 is 1.61. The molecule has 3 heterocycles.